The summed E-state index contributed by atoms with van der Waals surface area (Å²) < 4.78 is 5.21. The number of carbonyl (C=O) groups is 1. The number of hydrogen-bond donors (Lipinski definition) is 2. The molecule has 4 nitrogen and oxygen atoms in total. The standard InChI is InChI=1S/C9H12O4/c1-6-2-3-7(13-6)4-5-8(10)9(11)12/h2-3,8,10H,4-5H2,1H3,(H,11,12). The van der Waals surface area contributed by atoms with Gasteiger partial charge < -0.3 is 14.6 Å². The topological polar surface area (TPSA) is 70.7 Å². The summed E-state index contributed by atoms with van der Waals surface area (Å²) >= 11 is 0. The Morgan fingerprint density at radius 1 is 1.62 bits per heavy atom. The van der Waals surface area contributed by atoms with Crippen molar-refractivity contribution in [2.45, 2.75) is 25.9 Å². The average Bonchev–Trinajstić information content (AvgIpc) is 2.47. The molecule has 72 valence electrons. The zero-order valence-corrected chi connectivity index (χ0v) is 7.36. The van der Waals surface area contributed by atoms with Crippen LogP contribution < -0.4 is 0 Å². The Hall–Kier alpha value is -1.29. The van der Waals surface area contributed by atoms with Crippen LogP contribution in [0.1, 0.15) is 17.9 Å². The van der Waals surface area contributed by atoms with Gasteiger partial charge in [-0.2, -0.15) is 0 Å². The summed E-state index contributed by atoms with van der Waals surface area (Å²) in [6, 6.07) is 3.59. The first kappa shape index (κ1) is 9.80. The van der Waals surface area contributed by atoms with Crippen LogP contribution in [0.15, 0.2) is 16.5 Å². The Labute approximate surface area is 75.8 Å². The van der Waals surface area contributed by atoms with Crippen molar-refractivity contribution in [1.82, 2.24) is 0 Å². The lowest BCUT2D eigenvalue weighted by atomic mass is 10.2. The SMILES string of the molecule is Cc1ccc(CCC(O)C(=O)O)o1. The van der Waals surface area contributed by atoms with Crippen LogP contribution in [-0.4, -0.2) is 22.3 Å². The fraction of sp³-hybridized carbons (Fsp3) is 0.444. The fourth-order valence-corrected chi connectivity index (χ4v) is 1.02. The number of furan rings is 1. The van der Waals surface area contributed by atoms with Gasteiger partial charge in [0.05, 0.1) is 0 Å². The van der Waals surface area contributed by atoms with Crippen LogP contribution in [-0.2, 0) is 11.2 Å². The molecule has 0 aliphatic rings. The smallest absolute Gasteiger partial charge is 0.332 e. The molecule has 1 heterocycles. The lowest BCUT2D eigenvalue weighted by Crippen LogP contribution is -2.19. The third-order valence-corrected chi connectivity index (χ3v) is 1.75. The fourth-order valence-electron chi connectivity index (χ4n) is 1.02. The molecule has 0 fully saturated rings. The van der Waals surface area contributed by atoms with Crippen molar-refractivity contribution in [2.75, 3.05) is 0 Å². The van der Waals surface area contributed by atoms with Crippen molar-refractivity contribution in [3.63, 3.8) is 0 Å². The summed E-state index contributed by atoms with van der Waals surface area (Å²) in [5.41, 5.74) is 0. The van der Waals surface area contributed by atoms with Gasteiger partial charge in [0.1, 0.15) is 11.5 Å². The Morgan fingerprint density at radius 2 is 2.31 bits per heavy atom. The van der Waals surface area contributed by atoms with Crippen molar-refractivity contribution in [3.05, 3.63) is 23.7 Å². The van der Waals surface area contributed by atoms with E-state index in [0.717, 1.165) is 5.76 Å². The van der Waals surface area contributed by atoms with E-state index < -0.39 is 12.1 Å². The van der Waals surface area contributed by atoms with Crippen molar-refractivity contribution in [2.24, 2.45) is 0 Å². The molecule has 2 N–H and O–H groups in total. The lowest BCUT2D eigenvalue weighted by Gasteiger charge is -2.02. The lowest BCUT2D eigenvalue weighted by molar-refractivity contribution is -0.146. The Balaban J connectivity index is 2.39. The summed E-state index contributed by atoms with van der Waals surface area (Å²) in [5.74, 6) is 0.306. The van der Waals surface area contributed by atoms with Crippen LogP contribution >= 0.6 is 0 Å². The maximum Gasteiger partial charge on any atom is 0.332 e. The van der Waals surface area contributed by atoms with Gasteiger partial charge in [0.15, 0.2) is 6.10 Å². The van der Waals surface area contributed by atoms with Crippen molar-refractivity contribution in [3.8, 4) is 0 Å². The molecule has 0 aromatic carbocycles. The van der Waals surface area contributed by atoms with Crippen LogP contribution in [0.2, 0.25) is 0 Å². The monoisotopic (exact) mass is 184 g/mol. The minimum absolute atomic E-state index is 0.183. The van der Waals surface area contributed by atoms with Gasteiger partial charge >= 0.3 is 5.97 Å². The molecule has 0 spiro atoms. The molecule has 1 rings (SSSR count). The van der Waals surface area contributed by atoms with E-state index in [2.05, 4.69) is 0 Å². The van der Waals surface area contributed by atoms with E-state index in [1.165, 1.54) is 0 Å². The predicted molar refractivity (Wildman–Crippen MR) is 45.4 cm³/mol. The van der Waals surface area contributed by atoms with Gasteiger partial charge in [-0.3, -0.25) is 0 Å². The minimum atomic E-state index is -1.30. The number of carboxylic acids is 1. The van der Waals surface area contributed by atoms with Gasteiger partial charge in [-0.1, -0.05) is 0 Å². The number of hydrogen-bond acceptors (Lipinski definition) is 3. The number of aliphatic hydroxyl groups excluding tert-OH is 1. The van der Waals surface area contributed by atoms with Crippen LogP contribution in [0.25, 0.3) is 0 Å². The minimum Gasteiger partial charge on any atom is -0.479 e. The molecule has 1 unspecified atom stereocenters. The van der Waals surface area contributed by atoms with E-state index in [4.69, 9.17) is 14.6 Å². The second-order valence-electron chi connectivity index (χ2n) is 2.91. The van der Waals surface area contributed by atoms with E-state index in [-0.39, 0.29) is 6.42 Å². The number of carboxylic acid groups (broad SMARTS) is 1. The first-order valence-corrected chi connectivity index (χ1v) is 4.06. The van der Waals surface area contributed by atoms with Gasteiger partial charge in [-0.25, -0.2) is 4.79 Å². The molecular formula is C9H12O4. The molecule has 0 aliphatic heterocycles. The molecule has 0 saturated heterocycles. The predicted octanol–water partition coefficient (Wildman–Crippen LogP) is 0.966. The van der Waals surface area contributed by atoms with E-state index in [0.29, 0.717) is 12.2 Å². The van der Waals surface area contributed by atoms with Crippen molar-refractivity contribution >= 4 is 5.97 Å². The van der Waals surface area contributed by atoms with E-state index >= 15 is 0 Å². The van der Waals surface area contributed by atoms with E-state index in [1.807, 2.05) is 13.0 Å². The van der Waals surface area contributed by atoms with Crippen LogP contribution in [0.4, 0.5) is 0 Å². The number of aryl methyl sites for hydroxylation is 2. The number of aliphatic hydroxyl groups is 1. The highest BCUT2D eigenvalue weighted by Gasteiger charge is 2.13. The summed E-state index contributed by atoms with van der Waals surface area (Å²) in [7, 11) is 0. The maximum atomic E-state index is 10.2. The van der Waals surface area contributed by atoms with Gasteiger partial charge in [-0.05, 0) is 25.5 Å². The Kier molecular flexibility index (Phi) is 3.08. The first-order chi connectivity index (χ1) is 6.09. The van der Waals surface area contributed by atoms with Crippen LogP contribution in [0.5, 0.6) is 0 Å². The molecule has 0 bridgehead atoms. The van der Waals surface area contributed by atoms with Gasteiger partial charge in [0, 0.05) is 6.42 Å². The molecule has 4 heteroatoms. The third kappa shape index (κ3) is 2.91. The first-order valence-electron chi connectivity index (χ1n) is 4.06. The third-order valence-electron chi connectivity index (χ3n) is 1.75. The normalized spacial score (nSPS) is 12.8. The van der Waals surface area contributed by atoms with Crippen molar-refractivity contribution in [1.29, 1.82) is 0 Å². The molecule has 0 amide bonds. The molecule has 0 radical (unpaired) electrons. The number of rotatable bonds is 4. The van der Waals surface area contributed by atoms with Crippen LogP contribution in [0.3, 0.4) is 0 Å². The molecule has 13 heavy (non-hydrogen) atoms. The summed E-state index contributed by atoms with van der Waals surface area (Å²) in [6.07, 6.45) is -0.672. The highest BCUT2D eigenvalue weighted by molar-refractivity contribution is 5.71. The molecule has 1 aromatic heterocycles. The van der Waals surface area contributed by atoms with Gasteiger partial charge in [0.25, 0.3) is 0 Å². The second-order valence-corrected chi connectivity index (χ2v) is 2.91. The summed E-state index contributed by atoms with van der Waals surface area (Å²) in [4.78, 5) is 10.2. The van der Waals surface area contributed by atoms with Crippen LogP contribution in [0, 0.1) is 6.92 Å². The highest BCUT2D eigenvalue weighted by Crippen LogP contribution is 2.09. The zero-order valence-electron chi connectivity index (χ0n) is 7.36. The van der Waals surface area contributed by atoms with E-state index in [9.17, 15) is 4.79 Å². The quantitative estimate of drug-likeness (QED) is 0.731. The highest BCUT2D eigenvalue weighted by atomic mass is 16.4. The van der Waals surface area contributed by atoms with Crippen molar-refractivity contribution < 1.29 is 19.4 Å². The molecule has 1 atom stereocenters. The molecule has 0 aliphatic carbocycles. The second kappa shape index (κ2) is 4.09. The van der Waals surface area contributed by atoms with Gasteiger partial charge in [-0.15, -0.1) is 0 Å². The average molecular weight is 184 g/mol. The summed E-state index contributed by atoms with van der Waals surface area (Å²) in [5, 5.41) is 17.3. The molecule has 1 aromatic rings. The molecule has 0 saturated carbocycles. The number of aliphatic carboxylic acids is 1. The Bertz CT molecular complexity index is 290. The molecular weight excluding hydrogens is 172 g/mol. The van der Waals surface area contributed by atoms with E-state index in [1.54, 1.807) is 6.07 Å². The summed E-state index contributed by atoms with van der Waals surface area (Å²) in [6.45, 7) is 1.82. The van der Waals surface area contributed by atoms with Gasteiger partial charge in [0.2, 0.25) is 0 Å². The zero-order chi connectivity index (χ0) is 9.84. The Morgan fingerprint density at radius 3 is 2.77 bits per heavy atom. The maximum absolute atomic E-state index is 10.2. The largest absolute Gasteiger partial charge is 0.479 e.